The summed E-state index contributed by atoms with van der Waals surface area (Å²) in [7, 11) is 0. The van der Waals surface area contributed by atoms with Gasteiger partial charge in [-0.25, -0.2) is 0 Å². The van der Waals surface area contributed by atoms with Gasteiger partial charge in [-0.2, -0.15) is 5.10 Å². The van der Waals surface area contributed by atoms with Crippen molar-refractivity contribution in [3.05, 3.63) is 18.0 Å². The van der Waals surface area contributed by atoms with Crippen LogP contribution >= 0.6 is 0 Å². The molecule has 1 heterocycles. The fraction of sp³-hybridized carbons (Fsp3) is 0.769. The van der Waals surface area contributed by atoms with Crippen molar-refractivity contribution in [2.45, 2.75) is 46.2 Å². The molecule has 0 bridgehead atoms. The molecule has 3 heteroatoms. The molecule has 0 radical (unpaired) electrons. The van der Waals surface area contributed by atoms with Gasteiger partial charge in [-0.15, -0.1) is 0 Å². The molecule has 16 heavy (non-hydrogen) atoms. The first-order valence-corrected chi connectivity index (χ1v) is 6.51. The van der Waals surface area contributed by atoms with Crippen LogP contribution in [0.5, 0.6) is 0 Å². The summed E-state index contributed by atoms with van der Waals surface area (Å²) in [6.45, 7) is 7.59. The average Bonchev–Trinajstić information content (AvgIpc) is 2.87. The lowest BCUT2D eigenvalue weighted by Gasteiger charge is -2.11. The zero-order chi connectivity index (χ0) is 11.4. The van der Waals surface area contributed by atoms with Crippen LogP contribution in [-0.4, -0.2) is 16.3 Å². The van der Waals surface area contributed by atoms with Gasteiger partial charge in [0.1, 0.15) is 0 Å². The van der Waals surface area contributed by atoms with E-state index in [0.717, 1.165) is 24.9 Å². The monoisotopic (exact) mass is 221 g/mol. The quantitative estimate of drug-likeness (QED) is 0.827. The number of nitrogens with zero attached hydrogens (tertiary/aromatic N) is 2. The van der Waals surface area contributed by atoms with E-state index in [2.05, 4.69) is 35.0 Å². The molecule has 1 aliphatic carbocycles. The Kier molecular flexibility index (Phi) is 3.99. The molecule has 0 spiro atoms. The highest BCUT2D eigenvalue weighted by atomic mass is 15.3. The van der Waals surface area contributed by atoms with Gasteiger partial charge in [-0.05, 0) is 44.2 Å². The van der Waals surface area contributed by atoms with E-state index in [1.807, 2.05) is 6.20 Å². The van der Waals surface area contributed by atoms with Crippen LogP contribution in [0.25, 0.3) is 0 Å². The Morgan fingerprint density at radius 1 is 1.50 bits per heavy atom. The number of hydrogen-bond acceptors (Lipinski definition) is 2. The third kappa shape index (κ3) is 2.85. The summed E-state index contributed by atoms with van der Waals surface area (Å²) in [6.07, 6.45) is 6.11. The molecule has 2 atom stereocenters. The van der Waals surface area contributed by atoms with Gasteiger partial charge in [-0.1, -0.05) is 13.3 Å². The van der Waals surface area contributed by atoms with Gasteiger partial charge in [0.15, 0.2) is 0 Å². The Bertz CT molecular complexity index is 319. The number of hydrogen-bond donors (Lipinski definition) is 1. The van der Waals surface area contributed by atoms with Crippen LogP contribution in [0.3, 0.4) is 0 Å². The minimum Gasteiger partial charge on any atom is -0.311 e. The van der Waals surface area contributed by atoms with Crippen LogP contribution in [0.4, 0.5) is 0 Å². The Balaban J connectivity index is 1.72. The number of aryl methyl sites for hydroxylation is 1. The van der Waals surface area contributed by atoms with Crippen molar-refractivity contribution >= 4 is 0 Å². The van der Waals surface area contributed by atoms with E-state index in [1.54, 1.807) is 0 Å². The van der Waals surface area contributed by atoms with Crippen LogP contribution in [0.15, 0.2) is 12.3 Å². The predicted molar refractivity (Wildman–Crippen MR) is 66.1 cm³/mol. The fourth-order valence-corrected chi connectivity index (χ4v) is 2.71. The van der Waals surface area contributed by atoms with Crippen LogP contribution in [0.2, 0.25) is 0 Å². The van der Waals surface area contributed by atoms with Crippen molar-refractivity contribution in [2.24, 2.45) is 11.8 Å². The van der Waals surface area contributed by atoms with Gasteiger partial charge >= 0.3 is 0 Å². The summed E-state index contributed by atoms with van der Waals surface area (Å²) in [5.74, 6) is 1.83. The van der Waals surface area contributed by atoms with Crippen molar-refractivity contribution in [1.82, 2.24) is 15.1 Å². The highest BCUT2D eigenvalue weighted by Gasteiger charge is 2.20. The molecule has 2 unspecified atom stereocenters. The van der Waals surface area contributed by atoms with Crippen LogP contribution in [0.1, 0.15) is 38.8 Å². The molecular weight excluding hydrogens is 198 g/mol. The highest BCUT2D eigenvalue weighted by molar-refractivity contribution is 4.99. The summed E-state index contributed by atoms with van der Waals surface area (Å²) < 4.78 is 2.06. The first-order valence-electron chi connectivity index (χ1n) is 6.51. The molecule has 0 amide bonds. The summed E-state index contributed by atoms with van der Waals surface area (Å²) >= 11 is 0. The maximum atomic E-state index is 4.27. The zero-order valence-electron chi connectivity index (χ0n) is 10.4. The average molecular weight is 221 g/mol. The fourth-order valence-electron chi connectivity index (χ4n) is 2.71. The van der Waals surface area contributed by atoms with Crippen molar-refractivity contribution in [1.29, 1.82) is 0 Å². The van der Waals surface area contributed by atoms with E-state index >= 15 is 0 Å². The number of aromatic nitrogens is 2. The van der Waals surface area contributed by atoms with E-state index in [-0.39, 0.29) is 0 Å². The van der Waals surface area contributed by atoms with Crippen LogP contribution in [0, 0.1) is 11.8 Å². The Hall–Kier alpha value is -0.830. The minimum atomic E-state index is 0.896. The summed E-state index contributed by atoms with van der Waals surface area (Å²) in [4.78, 5) is 0. The standard InChI is InChI=1S/C13H23N3/c1-3-16-13(6-7-15-16)10-14-9-12-5-4-11(2)8-12/h6-7,11-12,14H,3-5,8-10H2,1-2H3. The van der Waals surface area contributed by atoms with Gasteiger partial charge < -0.3 is 5.32 Å². The van der Waals surface area contributed by atoms with Crippen molar-refractivity contribution in [3.63, 3.8) is 0 Å². The smallest absolute Gasteiger partial charge is 0.0521 e. The third-order valence-corrected chi connectivity index (χ3v) is 3.65. The maximum Gasteiger partial charge on any atom is 0.0521 e. The molecule has 1 aromatic heterocycles. The van der Waals surface area contributed by atoms with E-state index in [4.69, 9.17) is 0 Å². The first kappa shape index (κ1) is 11.6. The normalized spacial score (nSPS) is 25.1. The lowest BCUT2D eigenvalue weighted by Crippen LogP contribution is -2.22. The molecule has 3 nitrogen and oxygen atoms in total. The second-order valence-corrected chi connectivity index (χ2v) is 5.05. The van der Waals surface area contributed by atoms with Gasteiger partial charge in [0, 0.05) is 19.3 Å². The molecule has 1 aliphatic rings. The Morgan fingerprint density at radius 2 is 2.38 bits per heavy atom. The third-order valence-electron chi connectivity index (χ3n) is 3.65. The molecule has 1 aromatic rings. The predicted octanol–water partition coefficient (Wildman–Crippen LogP) is 2.43. The maximum absolute atomic E-state index is 4.27. The second kappa shape index (κ2) is 5.48. The van der Waals surface area contributed by atoms with E-state index in [1.165, 1.54) is 31.5 Å². The lowest BCUT2D eigenvalue weighted by molar-refractivity contribution is 0.462. The van der Waals surface area contributed by atoms with E-state index in [9.17, 15) is 0 Å². The molecular formula is C13H23N3. The summed E-state index contributed by atoms with van der Waals surface area (Å²) in [5, 5.41) is 7.84. The topological polar surface area (TPSA) is 29.9 Å². The summed E-state index contributed by atoms with van der Waals surface area (Å²) in [6, 6.07) is 2.10. The van der Waals surface area contributed by atoms with Crippen LogP contribution in [-0.2, 0) is 13.1 Å². The molecule has 2 rings (SSSR count). The number of rotatable bonds is 5. The molecule has 0 aromatic carbocycles. The van der Waals surface area contributed by atoms with Gasteiger partial charge in [-0.3, -0.25) is 4.68 Å². The van der Waals surface area contributed by atoms with Gasteiger partial charge in [0.2, 0.25) is 0 Å². The molecule has 90 valence electrons. The molecule has 1 fully saturated rings. The van der Waals surface area contributed by atoms with Crippen molar-refractivity contribution < 1.29 is 0 Å². The highest BCUT2D eigenvalue weighted by Crippen LogP contribution is 2.29. The number of nitrogens with one attached hydrogen (secondary N) is 1. The van der Waals surface area contributed by atoms with Crippen molar-refractivity contribution in [2.75, 3.05) is 6.54 Å². The minimum absolute atomic E-state index is 0.896. The van der Waals surface area contributed by atoms with Gasteiger partial charge in [0.25, 0.3) is 0 Å². The molecule has 1 N–H and O–H groups in total. The molecule has 1 saturated carbocycles. The largest absolute Gasteiger partial charge is 0.311 e. The Labute approximate surface area is 98.2 Å². The van der Waals surface area contributed by atoms with Crippen LogP contribution < -0.4 is 5.32 Å². The van der Waals surface area contributed by atoms with E-state index < -0.39 is 0 Å². The van der Waals surface area contributed by atoms with Crippen molar-refractivity contribution in [3.8, 4) is 0 Å². The molecule has 0 saturated heterocycles. The lowest BCUT2D eigenvalue weighted by atomic mass is 10.1. The SMILES string of the molecule is CCn1nccc1CNCC1CCC(C)C1. The second-order valence-electron chi connectivity index (χ2n) is 5.05. The molecule has 0 aliphatic heterocycles. The zero-order valence-corrected chi connectivity index (χ0v) is 10.4. The van der Waals surface area contributed by atoms with E-state index in [0.29, 0.717) is 0 Å². The first-order chi connectivity index (χ1) is 7.79. The summed E-state index contributed by atoms with van der Waals surface area (Å²) in [5.41, 5.74) is 1.30. The Morgan fingerprint density at radius 3 is 3.06 bits per heavy atom. The van der Waals surface area contributed by atoms with Gasteiger partial charge in [0.05, 0.1) is 5.69 Å².